The molecule has 5 heteroatoms. The molecule has 2 N–H and O–H groups in total. The molecule has 1 aromatic carbocycles. The van der Waals surface area contributed by atoms with E-state index >= 15 is 0 Å². The van der Waals surface area contributed by atoms with Crippen LogP contribution in [0.1, 0.15) is 24.8 Å². The van der Waals surface area contributed by atoms with Crippen molar-refractivity contribution in [1.29, 1.82) is 0 Å². The van der Waals surface area contributed by atoms with Crippen LogP contribution < -0.4 is 5.73 Å². The number of likely N-dealkylation sites (tertiary alicyclic amines) is 1. The number of carbonyl (C=O) groups excluding carboxylic acids is 1. The van der Waals surface area contributed by atoms with Crippen molar-refractivity contribution >= 4 is 5.91 Å². The molecule has 1 heterocycles. The number of nitrogens with zero attached hydrogens (tertiary/aromatic N) is 1. The zero-order chi connectivity index (χ0) is 14.5. The van der Waals surface area contributed by atoms with Gasteiger partial charge in [0.05, 0.1) is 6.42 Å². The highest BCUT2D eigenvalue weighted by molar-refractivity contribution is 5.79. The standard InChI is InChI=1S/C15H20F2N2O/c16-13-4-1-5-14(17)12(13)9-15(20)19-8-2-3-11(10-19)6-7-18/h1,4-5,11H,2-3,6-10,18H2. The van der Waals surface area contributed by atoms with Gasteiger partial charge in [0.25, 0.3) is 0 Å². The highest BCUT2D eigenvalue weighted by Crippen LogP contribution is 2.21. The van der Waals surface area contributed by atoms with Crippen LogP contribution in [-0.2, 0) is 11.2 Å². The Balaban J connectivity index is 2.01. The van der Waals surface area contributed by atoms with Gasteiger partial charge in [0, 0.05) is 18.7 Å². The fraction of sp³-hybridized carbons (Fsp3) is 0.533. The number of benzene rings is 1. The maximum Gasteiger partial charge on any atom is 0.227 e. The highest BCUT2D eigenvalue weighted by Gasteiger charge is 2.24. The molecule has 0 radical (unpaired) electrons. The number of hydrogen-bond donors (Lipinski definition) is 1. The first-order chi connectivity index (χ1) is 9.61. The Kier molecular flexibility index (Phi) is 5.06. The third-order valence-electron chi connectivity index (χ3n) is 3.84. The first-order valence-electron chi connectivity index (χ1n) is 7.02. The van der Waals surface area contributed by atoms with Gasteiger partial charge in [0.1, 0.15) is 11.6 Å². The van der Waals surface area contributed by atoms with E-state index in [0.29, 0.717) is 25.6 Å². The molecule has 20 heavy (non-hydrogen) atoms. The van der Waals surface area contributed by atoms with Gasteiger partial charge in [-0.05, 0) is 43.9 Å². The van der Waals surface area contributed by atoms with Crippen molar-refractivity contribution in [3.63, 3.8) is 0 Å². The Labute approximate surface area is 117 Å². The van der Waals surface area contributed by atoms with Crippen LogP contribution in [0.4, 0.5) is 8.78 Å². The monoisotopic (exact) mass is 282 g/mol. The van der Waals surface area contributed by atoms with Gasteiger partial charge in [-0.15, -0.1) is 0 Å². The van der Waals surface area contributed by atoms with Crippen molar-refractivity contribution in [2.24, 2.45) is 11.7 Å². The molecule has 1 aliphatic rings. The fourth-order valence-electron chi connectivity index (χ4n) is 2.73. The summed E-state index contributed by atoms with van der Waals surface area (Å²) in [6.45, 7) is 1.91. The van der Waals surface area contributed by atoms with Crippen LogP contribution in [0.3, 0.4) is 0 Å². The summed E-state index contributed by atoms with van der Waals surface area (Å²) in [6.07, 6.45) is 2.66. The number of carbonyl (C=O) groups is 1. The number of amides is 1. The molecule has 0 bridgehead atoms. The second kappa shape index (κ2) is 6.79. The summed E-state index contributed by atoms with van der Waals surface area (Å²) in [4.78, 5) is 13.9. The molecule has 1 aromatic rings. The van der Waals surface area contributed by atoms with E-state index in [9.17, 15) is 13.6 Å². The molecule has 1 saturated heterocycles. The molecule has 1 fully saturated rings. The van der Waals surface area contributed by atoms with Gasteiger partial charge in [-0.3, -0.25) is 4.79 Å². The molecular weight excluding hydrogens is 262 g/mol. The minimum absolute atomic E-state index is 0.140. The van der Waals surface area contributed by atoms with Crippen LogP contribution in [0.2, 0.25) is 0 Å². The molecule has 0 saturated carbocycles. The molecule has 0 aliphatic carbocycles. The lowest BCUT2D eigenvalue weighted by Gasteiger charge is -2.32. The van der Waals surface area contributed by atoms with E-state index in [2.05, 4.69) is 0 Å². The molecule has 0 aromatic heterocycles. The first-order valence-corrected chi connectivity index (χ1v) is 7.02. The van der Waals surface area contributed by atoms with Crippen LogP contribution in [0, 0.1) is 17.6 Å². The molecule has 2 rings (SSSR count). The van der Waals surface area contributed by atoms with Crippen LogP contribution in [0.5, 0.6) is 0 Å². The minimum Gasteiger partial charge on any atom is -0.342 e. The Morgan fingerprint density at radius 2 is 2.05 bits per heavy atom. The molecule has 1 amide bonds. The lowest BCUT2D eigenvalue weighted by molar-refractivity contribution is -0.132. The van der Waals surface area contributed by atoms with Crippen molar-refractivity contribution < 1.29 is 13.6 Å². The van der Waals surface area contributed by atoms with Crippen molar-refractivity contribution in [3.8, 4) is 0 Å². The quantitative estimate of drug-likeness (QED) is 0.919. The third-order valence-corrected chi connectivity index (χ3v) is 3.84. The Bertz CT molecular complexity index is 457. The molecule has 110 valence electrons. The number of piperidine rings is 1. The number of rotatable bonds is 4. The van der Waals surface area contributed by atoms with Crippen LogP contribution in [0.15, 0.2) is 18.2 Å². The van der Waals surface area contributed by atoms with Gasteiger partial charge in [0.15, 0.2) is 0 Å². The van der Waals surface area contributed by atoms with E-state index < -0.39 is 11.6 Å². The maximum absolute atomic E-state index is 13.5. The highest BCUT2D eigenvalue weighted by atomic mass is 19.1. The topological polar surface area (TPSA) is 46.3 Å². The molecule has 1 aliphatic heterocycles. The van der Waals surface area contributed by atoms with E-state index in [-0.39, 0.29) is 17.9 Å². The summed E-state index contributed by atoms with van der Waals surface area (Å²) < 4.78 is 27.1. The summed E-state index contributed by atoms with van der Waals surface area (Å²) in [5, 5.41) is 0. The Morgan fingerprint density at radius 1 is 1.35 bits per heavy atom. The Hall–Kier alpha value is -1.49. The number of hydrogen-bond acceptors (Lipinski definition) is 2. The summed E-state index contributed by atoms with van der Waals surface area (Å²) in [6, 6.07) is 3.66. The molecular formula is C15H20F2N2O. The summed E-state index contributed by atoms with van der Waals surface area (Å²) >= 11 is 0. The maximum atomic E-state index is 13.5. The first kappa shape index (κ1) is 14.9. The van der Waals surface area contributed by atoms with Crippen LogP contribution in [0.25, 0.3) is 0 Å². The van der Waals surface area contributed by atoms with Crippen LogP contribution >= 0.6 is 0 Å². The van der Waals surface area contributed by atoms with Gasteiger partial charge < -0.3 is 10.6 Å². The van der Waals surface area contributed by atoms with E-state index in [1.54, 1.807) is 4.90 Å². The minimum atomic E-state index is -0.658. The van der Waals surface area contributed by atoms with E-state index in [1.807, 2.05) is 0 Å². The second-order valence-electron chi connectivity index (χ2n) is 5.30. The normalized spacial score (nSPS) is 19.1. The van der Waals surface area contributed by atoms with Crippen molar-refractivity contribution in [2.75, 3.05) is 19.6 Å². The van der Waals surface area contributed by atoms with Gasteiger partial charge in [0.2, 0.25) is 5.91 Å². The van der Waals surface area contributed by atoms with Crippen molar-refractivity contribution in [3.05, 3.63) is 35.4 Å². The SMILES string of the molecule is NCCC1CCCN(C(=O)Cc2c(F)cccc2F)C1. The summed E-state index contributed by atoms with van der Waals surface area (Å²) in [5.74, 6) is -1.12. The van der Waals surface area contributed by atoms with Gasteiger partial charge in [-0.2, -0.15) is 0 Å². The molecule has 1 unspecified atom stereocenters. The zero-order valence-electron chi connectivity index (χ0n) is 11.4. The predicted octanol–water partition coefficient (Wildman–Crippen LogP) is 2.09. The smallest absolute Gasteiger partial charge is 0.227 e. The number of nitrogens with two attached hydrogens (primary N) is 1. The van der Waals surface area contributed by atoms with Crippen LogP contribution in [-0.4, -0.2) is 30.4 Å². The van der Waals surface area contributed by atoms with Gasteiger partial charge >= 0.3 is 0 Å². The lowest BCUT2D eigenvalue weighted by Crippen LogP contribution is -2.41. The summed E-state index contributed by atoms with van der Waals surface area (Å²) in [7, 11) is 0. The van der Waals surface area contributed by atoms with E-state index in [4.69, 9.17) is 5.73 Å². The Morgan fingerprint density at radius 3 is 2.70 bits per heavy atom. The van der Waals surface area contributed by atoms with E-state index in [0.717, 1.165) is 19.3 Å². The lowest BCUT2D eigenvalue weighted by atomic mass is 9.94. The summed E-state index contributed by atoms with van der Waals surface area (Å²) in [5.41, 5.74) is 5.40. The molecule has 0 spiro atoms. The number of halogens is 2. The second-order valence-corrected chi connectivity index (χ2v) is 5.30. The van der Waals surface area contributed by atoms with E-state index in [1.165, 1.54) is 18.2 Å². The molecule has 3 nitrogen and oxygen atoms in total. The molecule has 1 atom stereocenters. The van der Waals surface area contributed by atoms with Crippen molar-refractivity contribution in [2.45, 2.75) is 25.7 Å². The largest absolute Gasteiger partial charge is 0.342 e. The average molecular weight is 282 g/mol. The van der Waals surface area contributed by atoms with Gasteiger partial charge in [-0.25, -0.2) is 8.78 Å². The predicted molar refractivity (Wildman–Crippen MR) is 73.0 cm³/mol. The third kappa shape index (κ3) is 3.54. The zero-order valence-corrected chi connectivity index (χ0v) is 11.4. The van der Waals surface area contributed by atoms with Gasteiger partial charge in [-0.1, -0.05) is 6.07 Å². The fourth-order valence-corrected chi connectivity index (χ4v) is 2.73. The van der Waals surface area contributed by atoms with Crippen molar-refractivity contribution in [1.82, 2.24) is 4.90 Å². The average Bonchev–Trinajstić information content (AvgIpc) is 2.43.